The summed E-state index contributed by atoms with van der Waals surface area (Å²) in [5.41, 5.74) is -1.23. The third-order valence-electron chi connectivity index (χ3n) is 7.42. The number of amides is 2. The quantitative estimate of drug-likeness (QED) is 0.424. The monoisotopic (exact) mass is 543 g/mol. The lowest BCUT2D eigenvalue weighted by molar-refractivity contribution is -0.286. The van der Waals surface area contributed by atoms with Gasteiger partial charge in [-0.25, -0.2) is 8.78 Å². The maximum absolute atomic E-state index is 13.9. The standard InChI is InChI=1S/C27H21F4N3O5/c28-26(29)9-7-25(8-10-26,23(36)34-24(14-32)5-6-24)33-22(35)21-13-17-2-1-15(11-19(17)37-21)16-3-4-18-20(12-16)39-27(30,31)38-18/h1-4,11-13H,5-10H2,(H,33,35)(H,34,36). The SMILES string of the molecule is N#CC1(NC(=O)C2(NC(=O)c3cc4ccc(-c5ccc6c(c5)OC(F)(F)O6)cc4o3)CCC(F)(F)CC2)CC1. The second kappa shape index (κ2) is 8.36. The molecule has 12 heteroatoms. The number of carbonyl (C=O) groups excluding carboxylic acids is 2. The highest BCUT2D eigenvalue weighted by Gasteiger charge is 2.53. The van der Waals surface area contributed by atoms with Crippen molar-refractivity contribution >= 4 is 22.8 Å². The van der Waals surface area contributed by atoms with Gasteiger partial charge in [-0.15, -0.1) is 8.78 Å². The zero-order chi connectivity index (χ0) is 27.6. The van der Waals surface area contributed by atoms with Gasteiger partial charge in [0.15, 0.2) is 17.3 Å². The largest absolute Gasteiger partial charge is 0.586 e. The second-order valence-corrected chi connectivity index (χ2v) is 10.2. The van der Waals surface area contributed by atoms with E-state index in [1.54, 1.807) is 24.3 Å². The highest BCUT2D eigenvalue weighted by Crippen LogP contribution is 2.44. The minimum atomic E-state index is -3.75. The molecule has 2 fully saturated rings. The molecular formula is C27H21F4N3O5. The van der Waals surface area contributed by atoms with Gasteiger partial charge >= 0.3 is 6.29 Å². The number of fused-ring (bicyclic) bond motifs is 2. The van der Waals surface area contributed by atoms with Gasteiger partial charge in [0.25, 0.3) is 5.91 Å². The number of nitrogens with one attached hydrogen (secondary N) is 2. The number of nitriles is 1. The first-order valence-corrected chi connectivity index (χ1v) is 12.3. The molecule has 2 heterocycles. The van der Waals surface area contributed by atoms with E-state index in [2.05, 4.69) is 20.1 Å². The van der Waals surface area contributed by atoms with E-state index in [1.165, 1.54) is 18.2 Å². The molecule has 0 unspecified atom stereocenters. The molecule has 0 bridgehead atoms. The van der Waals surface area contributed by atoms with Crippen molar-refractivity contribution in [2.75, 3.05) is 0 Å². The van der Waals surface area contributed by atoms with E-state index < -0.39 is 48.0 Å². The van der Waals surface area contributed by atoms with Crippen LogP contribution < -0.4 is 20.1 Å². The Kier molecular flexibility index (Phi) is 5.37. The number of nitrogens with zero attached hydrogens (tertiary/aromatic N) is 1. The number of furan rings is 1. The lowest BCUT2D eigenvalue weighted by Gasteiger charge is -2.39. The van der Waals surface area contributed by atoms with E-state index in [9.17, 15) is 32.4 Å². The predicted octanol–water partition coefficient (Wildman–Crippen LogP) is 5.27. The molecule has 202 valence electrons. The van der Waals surface area contributed by atoms with Crippen LogP contribution in [0.1, 0.15) is 49.1 Å². The Balaban J connectivity index is 1.25. The van der Waals surface area contributed by atoms with E-state index in [1.807, 2.05) is 6.07 Å². The van der Waals surface area contributed by atoms with Gasteiger partial charge in [0.1, 0.15) is 16.7 Å². The molecule has 39 heavy (non-hydrogen) atoms. The highest BCUT2D eigenvalue weighted by atomic mass is 19.3. The number of halogens is 4. The summed E-state index contributed by atoms with van der Waals surface area (Å²) in [5, 5.41) is 15.1. The minimum absolute atomic E-state index is 0.0948. The Morgan fingerprint density at radius 3 is 2.18 bits per heavy atom. The van der Waals surface area contributed by atoms with E-state index in [4.69, 9.17) is 4.42 Å². The minimum Gasteiger partial charge on any atom is -0.451 e. The molecule has 2 N–H and O–H groups in total. The highest BCUT2D eigenvalue weighted by molar-refractivity contribution is 6.01. The van der Waals surface area contributed by atoms with Gasteiger partial charge < -0.3 is 24.5 Å². The van der Waals surface area contributed by atoms with Crippen LogP contribution in [0.25, 0.3) is 22.1 Å². The lowest BCUT2D eigenvalue weighted by atomic mass is 9.78. The van der Waals surface area contributed by atoms with Crippen LogP contribution in [0.2, 0.25) is 0 Å². The van der Waals surface area contributed by atoms with Gasteiger partial charge in [-0.2, -0.15) is 5.26 Å². The van der Waals surface area contributed by atoms with Crippen LogP contribution in [-0.2, 0) is 4.79 Å². The summed E-state index contributed by atoms with van der Waals surface area (Å²) in [4.78, 5) is 26.4. The first kappa shape index (κ1) is 25.0. The topological polar surface area (TPSA) is 114 Å². The summed E-state index contributed by atoms with van der Waals surface area (Å²) in [6.45, 7) is 0. The number of ether oxygens (including phenoxy) is 2. The van der Waals surface area contributed by atoms with Crippen LogP contribution in [0.5, 0.6) is 11.5 Å². The summed E-state index contributed by atoms with van der Waals surface area (Å²) < 4.78 is 69.3. The molecule has 3 aliphatic rings. The van der Waals surface area contributed by atoms with Gasteiger partial charge in [0, 0.05) is 18.2 Å². The summed E-state index contributed by atoms with van der Waals surface area (Å²) in [6, 6.07) is 12.8. The Morgan fingerprint density at radius 1 is 0.821 bits per heavy atom. The molecule has 2 saturated carbocycles. The number of hydrogen-bond donors (Lipinski definition) is 2. The number of carbonyl (C=O) groups is 2. The van der Waals surface area contributed by atoms with Crippen molar-refractivity contribution in [3.63, 3.8) is 0 Å². The molecule has 1 aromatic heterocycles. The second-order valence-electron chi connectivity index (χ2n) is 10.2. The van der Waals surface area contributed by atoms with Crippen LogP contribution in [0, 0.1) is 11.3 Å². The normalized spacial score (nSPS) is 21.1. The van der Waals surface area contributed by atoms with E-state index in [0.29, 0.717) is 34.9 Å². The average molecular weight is 543 g/mol. The molecule has 0 saturated heterocycles. The molecule has 0 spiro atoms. The van der Waals surface area contributed by atoms with Gasteiger partial charge in [-0.05, 0) is 61.1 Å². The molecule has 8 nitrogen and oxygen atoms in total. The fraction of sp³-hybridized carbons (Fsp3) is 0.370. The van der Waals surface area contributed by atoms with E-state index in [-0.39, 0.29) is 30.1 Å². The molecule has 6 rings (SSSR count). The van der Waals surface area contributed by atoms with Crippen LogP contribution in [0.4, 0.5) is 17.6 Å². The van der Waals surface area contributed by atoms with Crippen molar-refractivity contribution in [1.29, 1.82) is 5.26 Å². The van der Waals surface area contributed by atoms with E-state index in [0.717, 1.165) is 0 Å². The van der Waals surface area contributed by atoms with Crippen molar-refractivity contribution in [2.45, 2.75) is 61.8 Å². The van der Waals surface area contributed by atoms with Crippen molar-refractivity contribution in [3.8, 4) is 28.7 Å². The molecule has 2 amide bonds. The van der Waals surface area contributed by atoms with Crippen LogP contribution in [0.3, 0.4) is 0 Å². The predicted molar refractivity (Wildman–Crippen MR) is 127 cm³/mol. The number of benzene rings is 2. The lowest BCUT2D eigenvalue weighted by Crippen LogP contribution is -2.62. The fourth-order valence-corrected chi connectivity index (χ4v) is 4.91. The Bertz CT molecular complexity index is 1550. The maximum atomic E-state index is 13.9. The Morgan fingerprint density at radius 2 is 1.49 bits per heavy atom. The van der Waals surface area contributed by atoms with Crippen molar-refractivity contribution in [2.24, 2.45) is 0 Å². The van der Waals surface area contributed by atoms with Gasteiger partial charge in [-0.3, -0.25) is 9.59 Å². The van der Waals surface area contributed by atoms with Gasteiger partial charge in [0.2, 0.25) is 11.8 Å². The first-order chi connectivity index (χ1) is 18.4. The molecule has 1 aliphatic heterocycles. The van der Waals surface area contributed by atoms with Crippen LogP contribution in [-0.4, -0.2) is 35.1 Å². The maximum Gasteiger partial charge on any atom is 0.586 e. The zero-order valence-electron chi connectivity index (χ0n) is 20.3. The third-order valence-corrected chi connectivity index (χ3v) is 7.42. The fourth-order valence-electron chi connectivity index (χ4n) is 4.91. The van der Waals surface area contributed by atoms with Crippen molar-refractivity contribution < 1.29 is 41.0 Å². The van der Waals surface area contributed by atoms with Crippen molar-refractivity contribution in [3.05, 3.63) is 48.2 Å². The smallest absolute Gasteiger partial charge is 0.451 e. The molecule has 0 atom stereocenters. The Labute approximate surface area is 218 Å². The molecule has 2 aromatic carbocycles. The summed E-state index contributed by atoms with van der Waals surface area (Å²) >= 11 is 0. The van der Waals surface area contributed by atoms with Crippen LogP contribution in [0.15, 0.2) is 46.9 Å². The molecule has 0 radical (unpaired) electrons. The average Bonchev–Trinajstić information content (AvgIpc) is 3.40. The first-order valence-electron chi connectivity index (χ1n) is 12.3. The number of rotatable bonds is 5. The molecule has 2 aliphatic carbocycles. The summed E-state index contributed by atoms with van der Waals surface area (Å²) in [6.07, 6.45) is -4.62. The zero-order valence-corrected chi connectivity index (χ0v) is 20.3. The molecule has 3 aromatic rings. The third kappa shape index (κ3) is 4.62. The summed E-state index contributed by atoms with van der Waals surface area (Å²) in [5.74, 6) is -4.75. The van der Waals surface area contributed by atoms with Gasteiger partial charge in [-0.1, -0.05) is 18.2 Å². The van der Waals surface area contributed by atoms with Gasteiger partial charge in [0.05, 0.1) is 6.07 Å². The van der Waals surface area contributed by atoms with E-state index >= 15 is 0 Å². The number of hydrogen-bond acceptors (Lipinski definition) is 6. The Hall–Kier alpha value is -4.27. The summed E-state index contributed by atoms with van der Waals surface area (Å²) in [7, 11) is 0. The van der Waals surface area contributed by atoms with Crippen LogP contribution >= 0.6 is 0 Å². The molecular weight excluding hydrogens is 522 g/mol. The number of alkyl halides is 4. The van der Waals surface area contributed by atoms with Crippen molar-refractivity contribution in [1.82, 2.24) is 10.6 Å².